The molecular formula is C13H17NO4S. The summed E-state index contributed by atoms with van der Waals surface area (Å²) in [6, 6.07) is 7.54. The molecule has 1 amide bonds. The maximum atomic E-state index is 12.2. The van der Waals surface area contributed by atoms with E-state index < -0.39 is 9.84 Å². The zero-order valence-corrected chi connectivity index (χ0v) is 11.6. The normalized spacial score (nSPS) is 15.7. The van der Waals surface area contributed by atoms with Crippen molar-refractivity contribution >= 4 is 21.4 Å². The van der Waals surface area contributed by atoms with Crippen LogP contribution < -0.4 is 4.90 Å². The summed E-state index contributed by atoms with van der Waals surface area (Å²) < 4.78 is 27.7. The molecule has 19 heavy (non-hydrogen) atoms. The Balaban J connectivity index is 2.17. The van der Waals surface area contributed by atoms with Crippen molar-refractivity contribution in [3.05, 3.63) is 29.8 Å². The summed E-state index contributed by atoms with van der Waals surface area (Å²) in [7, 11) is -3.12. The largest absolute Gasteiger partial charge is 0.375 e. The van der Waals surface area contributed by atoms with E-state index in [0.29, 0.717) is 19.8 Å². The van der Waals surface area contributed by atoms with Crippen LogP contribution in [0.4, 0.5) is 5.69 Å². The van der Waals surface area contributed by atoms with Gasteiger partial charge in [0, 0.05) is 30.5 Å². The van der Waals surface area contributed by atoms with Crippen LogP contribution in [0.1, 0.15) is 12.0 Å². The molecule has 0 radical (unpaired) electrons. The van der Waals surface area contributed by atoms with Crippen molar-refractivity contribution in [1.29, 1.82) is 0 Å². The molecule has 1 aliphatic rings. The summed E-state index contributed by atoms with van der Waals surface area (Å²) in [6.07, 6.45) is 1.15. The van der Waals surface area contributed by atoms with Crippen LogP contribution in [0.2, 0.25) is 0 Å². The lowest BCUT2D eigenvalue weighted by molar-refractivity contribution is -0.118. The molecule has 0 N–H and O–H groups in total. The molecule has 1 aliphatic heterocycles. The molecule has 0 unspecified atom stereocenters. The Hall–Kier alpha value is -1.40. The first kappa shape index (κ1) is 14.0. The van der Waals surface area contributed by atoms with Gasteiger partial charge in [0.1, 0.15) is 9.84 Å². The molecule has 0 saturated carbocycles. The summed E-state index contributed by atoms with van der Waals surface area (Å²) in [5, 5.41) is 0. The minimum Gasteiger partial charge on any atom is -0.375 e. The molecule has 1 aromatic carbocycles. The molecule has 0 fully saturated rings. The van der Waals surface area contributed by atoms with Crippen LogP contribution in [0.25, 0.3) is 0 Å². The highest BCUT2D eigenvalue weighted by Crippen LogP contribution is 2.24. The zero-order valence-electron chi connectivity index (χ0n) is 10.8. The predicted octanol–water partition coefficient (Wildman–Crippen LogP) is 0.985. The highest BCUT2D eigenvalue weighted by atomic mass is 32.2. The van der Waals surface area contributed by atoms with Crippen LogP contribution in [0, 0.1) is 0 Å². The Kier molecular flexibility index (Phi) is 4.21. The van der Waals surface area contributed by atoms with Crippen molar-refractivity contribution in [2.45, 2.75) is 13.0 Å². The van der Waals surface area contributed by atoms with Crippen LogP contribution in [0.5, 0.6) is 0 Å². The van der Waals surface area contributed by atoms with E-state index in [2.05, 4.69) is 0 Å². The van der Waals surface area contributed by atoms with Crippen molar-refractivity contribution in [2.75, 3.05) is 30.1 Å². The quantitative estimate of drug-likeness (QED) is 0.829. The maximum Gasteiger partial charge on any atom is 0.228 e. The minimum absolute atomic E-state index is 0.00711. The number of ether oxygens (including phenoxy) is 1. The summed E-state index contributed by atoms with van der Waals surface area (Å²) in [4.78, 5) is 13.8. The first-order valence-corrected chi connectivity index (χ1v) is 8.17. The number of rotatable bonds is 3. The molecule has 104 valence electrons. The average Bonchev–Trinajstić information content (AvgIpc) is 2.57. The first-order chi connectivity index (χ1) is 8.97. The van der Waals surface area contributed by atoms with E-state index in [4.69, 9.17) is 4.74 Å². The van der Waals surface area contributed by atoms with Crippen LogP contribution >= 0.6 is 0 Å². The van der Waals surface area contributed by atoms with Crippen molar-refractivity contribution in [3.63, 3.8) is 0 Å². The van der Waals surface area contributed by atoms with Crippen LogP contribution in [0.15, 0.2) is 24.3 Å². The van der Waals surface area contributed by atoms with E-state index in [9.17, 15) is 13.2 Å². The second kappa shape index (κ2) is 5.71. The van der Waals surface area contributed by atoms with Gasteiger partial charge in [-0.05, 0) is 6.07 Å². The lowest BCUT2D eigenvalue weighted by atomic mass is 10.1. The van der Waals surface area contributed by atoms with E-state index in [-0.39, 0.29) is 18.1 Å². The van der Waals surface area contributed by atoms with Gasteiger partial charge in [-0.2, -0.15) is 0 Å². The van der Waals surface area contributed by atoms with Crippen LogP contribution in [0.3, 0.4) is 0 Å². The molecule has 0 saturated heterocycles. The second-order valence-corrected chi connectivity index (χ2v) is 6.87. The highest BCUT2D eigenvalue weighted by Gasteiger charge is 2.21. The number of anilines is 1. The SMILES string of the molecule is CS(=O)(=O)CCC(=O)N1CCOCc2ccccc21. The number of nitrogens with zero attached hydrogens (tertiary/aromatic N) is 1. The van der Waals surface area contributed by atoms with E-state index in [1.807, 2.05) is 24.3 Å². The van der Waals surface area contributed by atoms with Gasteiger partial charge in [-0.15, -0.1) is 0 Å². The number of hydrogen-bond acceptors (Lipinski definition) is 4. The Bertz CT molecular complexity index is 568. The van der Waals surface area contributed by atoms with Gasteiger partial charge in [-0.25, -0.2) is 8.42 Å². The van der Waals surface area contributed by atoms with Gasteiger partial charge < -0.3 is 9.64 Å². The molecule has 0 aromatic heterocycles. The van der Waals surface area contributed by atoms with Gasteiger partial charge in [0.25, 0.3) is 0 Å². The molecule has 0 atom stereocenters. The smallest absolute Gasteiger partial charge is 0.228 e. The van der Waals surface area contributed by atoms with E-state index in [0.717, 1.165) is 17.5 Å². The zero-order chi connectivity index (χ0) is 13.9. The van der Waals surface area contributed by atoms with Crippen LogP contribution in [-0.4, -0.2) is 39.5 Å². The summed E-state index contributed by atoms with van der Waals surface area (Å²) in [5.74, 6) is -0.297. The molecule has 2 rings (SSSR count). The summed E-state index contributed by atoms with van der Waals surface area (Å²) in [5.41, 5.74) is 1.77. The van der Waals surface area contributed by atoms with Gasteiger partial charge in [0.2, 0.25) is 5.91 Å². The maximum absolute atomic E-state index is 12.2. The number of carbonyl (C=O) groups is 1. The van der Waals surface area contributed by atoms with Gasteiger partial charge in [0.15, 0.2) is 0 Å². The van der Waals surface area contributed by atoms with Gasteiger partial charge in [0.05, 0.1) is 19.0 Å². The van der Waals surface area contributed by atoms with Crippen molar-refractivity contribution in [3.8, 4) is 0 Å². The number of benzene rings is 1. The fourth-order valence-electron chi connectivity index (χ4n) is 2.02. The topological polar surface area (TPSA) is 63.7 Å². The molecule has 1 heterocycles. The molecule has 0 aliphatic carbocycles. The fraction of sp³-hybridized carbons (Fsp3) is 0.462. The third kappa shape index (κ3) is 3.78. The molecule has 1 aromatic rings. The summed E-state index contributed by atoms with van der Waals surface area (Å²) >= 11 is 0. The fourth-order valence-corrected chi connectivity index (χ4v) is 2.57. The Morgan fingerprint density at radius 2 is 2.11 bits per heavy atom. The highest BCUT2D eigenvalue weighted by molar-refractivity contribution is 7.90. The van der Waals surface area contributed by atoms with E-state index in [1.54, 1.807) is 4.90 Å². The first-order valence-electron chi connectivity index (χ1n) is 6.11. The number of hydrogen-bond donors (Lipinski definition) is 0. The third-order valence-corrected chi connectivity index (χ3v) is 3.93. The molecule has 0 spiro atoms. The van der Waals surface area contributed by atoms with Gasteiger partial charge >= 0.3 is 0 Å². The standard InChI is InChI=1S/C13H17NO4S/c1-19(16,17)9-6-13(15)14-7-8-18-10-11-4-2-3-5-12(11)14/h2-5H,6-10H2,1H3. The van der Waals surface area contributed by atoms with E-state index in [1.165, 1.54) is 0 Å². The van der Waals surface area contributed by atoms with Gasteiger partial charge in [-0.1, -0.05) is 18.2 Å². The van der Waals surface area contributed by atoms with Crippen molar-refractivity contribution < 1.29 is 17.9 Å². The third-order valence-electron chi connectivity index (χ3n) is 2.99. The Labute approximate surface area is 113 Å². The number of carbonyl (C=O) groups excluding carboxylic acids is 1. The monoisotopic (exact) mass is 283 g/mol. The predicted molar refractivity (Wildman–Crippen MR) is 72.8 cm³/mol. The Morgan fingerprint density at radius 3 is 2.84 bits per heavy atom. The lowest BCUT2D eigenvalue weighted by Crippen LogP contribution is -2.34. The second-order valence-electron chi connectivity index (χ2n) is 4.61. The number of sulfone groups is 1. The number of para-hydroxylation sites is 1. The van der Waals surface area contributed by atoms with Gasteiger partial charge in [-0.3, -0.25) is 4.79 Å². The summed E-state index contributed by atoms with van der Waals surface area (Å²) in [6.45, 7) is 1.39. The van der Waals surface area contributed by atoms with E-state index >= 15 is 0 Å². The van der Waals surface area contributed by atoms with Crippen molar-refractivity contribution in [1.82, 2.24) is 0 Å². The number of fused-ring (bicyclic) bond motifs is 1. The Morgan fingerprint density at radius 1 is 1.37 bits per heavy atom. The molecular weight excluding hydrogens is 266 g/mol. The lowest BCUT2D eigenvalue weighted by Gasteiger charge is -2.22. The minimum atomic E-state index is -3.12. The number of amides is 1. The molecule has 0 bridgehead atoms. The molecule has 5 nitrogen and oxygen atoms in total. The van der Waals surface area contributed by atoms with Crippen molar-refractivity contribution in [2.24, 2.45) is 0 Å². The average molecular weight is 283 g/mol. The van der Waals surface area contributed by atoms with Crippen LogP contribution in [-0.2, 0) is 26.0 Å². The molecule has 6 heteroatoms.